The first-order chi connectivity index (χ1) is 15.3. The van der Waals surface area contributed by atoms with E-state index in [1.807, 2.05) is 0 Å². The molecule has 2 fully saturated rings. The number of aromatic nitrogens is 3. The van der Waals surface area contributed by atoms with Gasteiger partial charge in [0.15, 0.2) is 0 Å². The highest BCUT2D eigenvalue weighted by Crippen LogP contribution is 2.43. The van der Waals surface area contributed by atoms with Crippen molar-refractivity contribution in [2.75, 3.05) is 31.5 Å². The minimum Gasteiger partial charge on any atom is -0.322 e. The largest absolute Gasteiger partial charge is 0.322 e. The summed E-state index contributed by atoms with van der Waals surface area (Å²) < 4.78 is 27.9. The van der Waals surface area contributed by atoms with Crippen molar-refractivity contribution in [3.8, 4) is 0 Å². The number of likely N-dealkylation sites (tertiary alicyclic amines) is 1. The van der Waals surface area contributed by atoms with Crippen LogP contribution in [-0.2, 0) is 35.7 Å². The number of hydrogen-bond donors (Lipinski definition) is 2. The van der Waals surface area contributed by atoms with Crippen molar-refractivity contribution >= 4 is 21.7 Å². The normalized spacial score (nSPS) is 22.5. The van der Waals surface area contributed by atoms with E-state index in [1.54, 1.807) is 4.31 Å². The van der Waals surface area contributed by atoms with Crippen LogP contribution in [0.2, 0.25) is 0 Å². The molecule has 3 heterocycles. The van der Waals surface area contributed by atoms with E-state index in [-0.39, 0.29) is 10.6 Å². The molecule has 0 radical (unpaired) electrons. The number of hydrogen-bond acceptors (Lipinski definition) is 6. The monoisotopic (exact) mass is 456 g/mol. The van der Waals surface area contributed by atoms with Crippen molar-refractivity contribution in [1.29, 1.82) is 0 Å². The third kappa shape index (κ3) is 3.20. The third-order valence-electron chi connectivity index (χ3n) is 7.98. The molecule has 0 atom stereocenters. The van der Waals surface area contributed by atoms with Gasteiger partial charge < -0.3 is 10.2 Å². The van der Waals surface area contributed by atoms with Crippen LogP contribution in [0.1, 0.15) is 55.4 Å². The van der Waals surface area contributed by atoms with Gasteiger partial charge in [0.05, 0.1) is 0 Å². The predicted octanol–water partition coefficient (Wildman–Crippen LogP) is 2.63. The molecule has 1 aromatic carbocycles. The summed E-state index contributed by atoms with van der Waals surface area (Å²) in [6, 6.07) is 2.89. The van der Waals surface area contributed by atoms with E-state index in [1.165, 1.54) is 35.1 Å². The van der Waals surface area contributed by atoms with Crippen LogP contribution in [0.15, 0.2) is 11.2 Å². The lowest BCUT2D eigenvalue weighted by Crippen LogP contribution is -2.59. The zero-order valence-corrected chi connectivity index (χ0v) is 19.8. The molecule has 1 aromatic heterocycles. The molecular formula is C23H32N6O2S. The van der Waals surface area contributed by atoms with Gasteiger partial charge in [-0.15, -0.1) is 5.10 Å². The van der Waals surface area contributed by atoms with Gasteiger partial charge in [0.1, 0.15) is 0 Å². The summed E-state index contributed by atoms with van der Waals surface area (Å²) in [7, 11) is -3.65. The lowest BCUT2D eigenvalue weighted by molar-refractivity contribution is 0.0731. The molecule has 1 spiro atoms. The Hall–Kier alpha value is -1.97. The molecule has 32 heavy (non-hydrogen) atoms. The Morgan fingerprint density at radius 2 is 1.75 bits per heavy atom. The smallest absolute Gasteiger partial charge is 0.278 e. The average molecular weight is 457 g/mol. The van der Waals surface area contributed by atoms with Crippen LogP contribution in [0, 0.1) is 5.41 Å². The zero-order valence-electron chi connectivity index (χ0n) is 18.9. The highest BCUT2D eigenvalue weighted by atomic mass is 32.2. The summed E-state index contributed by atoms with van der Waals surface area (Å²) in [5, 5.41) is 10.3. The fraction of sp³-hybridized carbons (Fsp3) is 0.652. The molecule has 2 N–H and O–H groups in total. The second kappa shape index (κ2) is 7.27. The van der Waals surface area contributed by atoms with Crippen LogP contribution < -0.4 is 5.32 Å². The van der Waals surface area contributed by atoms with Gasteiger partial charge in [-0.1, -0.05) is 6.07 Å². The Morgan fingerprint density at radius 1 is 1.06 bits per heavy atom. The number of rotatable bonds is 5. The first-order valence-corrected chi connectivity index (χ1v) is 13.4. The number of aryl methyl sites for hydroxylation is 2. The first kappa shape index (κ1) is 20.6. The molecular weight excluding hydrogens is 424 g/mol. The topological polar surface area (TPSA) is 94.2 Å². The number of benzene rings is 1. The minimum atomic E-state index is -3.65. The van der Waals surface area contributed by atoms with Crippen molar-refractivity contribution in [2.24, 2.45) is 5.41 Å². The van der Waals surface area contributed by atoms with E-state index >= 15 is 0 Å². The Morgan fingerprint density at radius 3 is 2.38 bits per heavy atom. The summed E-state index contributed by atoms with van der Waals surface area (Å²) in [5.41, 5.74) is 6.80. The maximum atomic E-state index is 13.2. The fourth-order valence-corrected chi connectivity index (χ4v) is 7.65. The standard InChI is InChI=1S/C23H32N6O2S/c1-15(2)28-10-9-23(12-28)13-29(14-23)32(30,31)22-25-21(26-27-22)24-20-18-7-3-5-16(18)11-17-6-4-8-19(17)20/h11,15H,3-10,12-14H2,1-2H3,(H2,24,25,26,27). The van der Waals surface area contributed by atoms with E-state index in [2.05, 4.69) is 45.3 Å². The second-order valence-corrected chi connectivity index (χ2v) is 12.3. The van der Waals surface area contributed by atoms with Crippen LogP contribution >= 0.6 is 0 Å². The highest BCUT2D eigenvalue weighted by Gasteiger charge is 2.52. The molecule has 0 bridgehead atoms. The molecule has 2 saturated heterocycles. The van der Waals surface area contributed by atoms with Gasteiger partial charge in [-0.3, -0.25) is 0 Å². The van der Waals surface area contributed by atoms with Crippen molar-refractivity contribution in [2.45, 2.75) is 70.0 Å². The third-order valence-corrected chi connectivity index (χ3v) is 9.59. The first-order valence-electron chi connectivity index (χ1n) is 11.9. The number of nitrogens with one attached hydrogen (secondary N) is 2. The SMILES string of the molecule is CC(C)N1CCC2(C1)CN(S(=O)(=O)c1nc(Nc3c4c(cc5c3CCC5)CCC4)n[nH]1)C2. The van der Waals surface area contributed by atoms with E-state index in [9.17, 15) is 8.42 Å². The Balaban J connectivity index is 1.20. The van der Waals surface area contributed by atoms with E-state index in [4.69, 9.17) is 0 Å². The maximum absolute atomic E-state index is 13.2. The fourth-order valence-electron chi connectivity index (χ4n) is 6.16. The summed E-state index contributed by atoms with van der Waals surface area (Å²) in [6.07, 6.45) is 7.76. The predicted molar refractivity (Wildman–Crippen MR) is 123 cm³/mol. The lowest BCUT2D eigenvalue weighted by Gasteiger charge is -2.46. The van der Waals surface area contributed by atoms with Gasteiger partial charge in [0, 0.05) is 36.8 Å². The molecule has 2 aliphatic heterocycles. The van der Waals surface area contributed by atoms with E-state index < -0.39 is 10.0 Å². The van der Waals surface area contributed by atoms with Crippen LogP contribution in [0.5, 0.6) is 0 Å². The molecule has 9 heteroatoms. The molecule has 6 rings (SSSR count). The molecule has 4 aliphatic rings. The molecule has 0 saturated carbocycles. The van der Waals surface area contributed by atoms with Gasteiger partial charge in [-0.05, 0) is 87.6 Å². The number of fused-ring (bicyclic) bond motifs is 2. The molecule has 8 nitrogen and oxygen atoms in total. The van der Waals surface area contributed by atoms with Crippen molar-refractivity contribution in [3.63, 3.8) is 0 Å². The van der Waals surface area contributed by atoms with E-state index in [0.717, 1.165) is 50.9 Å². The van der Waals surface area contributed by atoms with Gasteiger partial charge in [-0.25, -0.2) is 13.5 Å². The van der Waals surface area contributed by atoms with Crippen LogP contribution in [0.4, 0.5) is 11.6 Å². The number of anilines is 2. The average Bonchev–Trinajstić information content (AvgIpc) is 3.50. The number of nitrogens with zero attached hydrogens (tertiary/aromatic N) is 4. The lowest BCUT2D eigenvalue weighted by atomic mass is 9.81. The second-order valence-electron chi connectivity index (χ2n) is 10.4. The minimum absolute atomic E-state index is 0.0576. The van der Waals surface area contributed by atoms with Crippen LogP contribution in [-0.4, -0.2) is 65.0 Å². The molecule has 172 valence electrons. The number of aromatic amines is 1. The Labute approximate surface area is 189 Å². The Kier molecular flexibility index (Phi) is 4.68. The van der Waals surface area contributed by atoms with Gasteiger partial charge in [0.25, 0.3) is 15.2 Å². The van der Waals surface area contributed by atoms with Gasteiger partial charge in [-0.2, -0.15) is 9.29 Å². The molecule has 2 aromatic rings. The van der Waals surface area contributed by atoms with Crippen LogP contribution in [0.3, 0.4) is 0 Å². The van der Waals surface area contributed by atoms with Crippen molar-refractivity contribution in [1.82, 2.24) is 24.4 Å². The highest BCUT2D eigenvalue weighted by molar-refractivity contribution is 7.89. The van der Waals surface area contributed by atoms with Crippen LogP contribution in [0.25, 0.3) is 0 Å². The summed E-state index contributed by atoms with van der Waals surface area (Å²) in [5.74, 6) is 0.347. The quantitative estimate of drug-likeness (QED) is 0.718. The molecule has 0 unspecified atom stereocenters. The summed E-state index contributed by atoms with van der Waals surface area (Å²) >= 11 is 0. The Bertz CT molecular complexity index is 1130. The molecule has 2 aliphatic carbocycles. The zero-order chi connectivity index (χ0) is 22.1. The summed E-state index contributed by atoms with van der Waals surface area (Å²) in [4.78, 5) is 6.81. The van der Waals surface area contributed by atoms with Gasteiger partial charge in [0.2, 0.25) is 5.95 Å². The van der Waals surface area contributed by atoms with Crippen molar-refractivity contribution < 1.29 is 8.42 Å². The van der Waals surface area contributed by atoms with Gasteiger partial charge >= 0.3 is 0 Å². The number of H-pyrrole nitrogens is 1. The maximum Gasteiger partial charge on any atom is 0.278 e. The molecule has 0 amide bonds. The van der Waals surface area contributed by atoms with E-state index in [0.29, 0.717) is 25.1 Å². The summed E-state index contributed by atoms with van der Waals surface area (Å²) in [6.45, 7) is 7.57. The number of sulfonamides is 1. The van der Waals surface area contributed by atoms with Crippen molar-refractivity contribution in [3.05, 3.63) is 28.3 Å².